The van der Waals surface area contributed by atoms with Gasteiger partial charge in [-0.25, -0.2) is 4.79 Å². The Labute approximate surface area is 96.1 Å². The molecule has 0 unspecified atom stereocenters. The molecule has 0 radical (unpaired) electrons. The van der Waals surface area contributed by atoms with E-state index in [1.807, 2.05) is 37.3 Å². The van der Waals surface area contributed by atoms with Crippen LogP contribution in [0.25, 0.3) is 0 Å². The minimum absolute atomic E-state index is 0.391. The maximum Gasteiger partial charge on any atom is 0.408 e. The lowest BCUT2D eigenvalue weighted by atomic mass is 10.1. The van der Waals surface area contributed by atoms with Crippen molar-refractivity contribution in [3.8, 4) is 0 Å². The van der Waals surface area contributed by atoms with Gasteiger partial charge in [-0.3, -0.25) is 0 Å². The average molecular weight is 219 g/mol. The molecule has 0 aliphatic rings. The van der Waals surface area contributed by atoms with E-state index < -0.39 is 12.2 Å². The van der Waals surface area contributed by atoms with E-state index in [4.69, 9.17) is 4.74 Å². The van der Waals surface area contributed by atoms with Gasteiger partial charge in [0.2, 0.25) is 0 Å². The van der Waals surface area contributed by atoms with Crippen molar-refractivity contribution in [3.63, 3.8) is 0 Å². The molecule has 1 aromatic carbocycles. The first-order chi connectivity index (χ1) is 7.77. The highest BCUT2D eigenvalue weighted by atomic mass is 16.6. The van der Waals surface area contributed by atoms with Gasteiger partial charge in [0, 0.05) is 6.54 Å². The number of alkyl carbamates (subject to hydrolysis) is 1. The van der Waals surface area contributed by atoms with Crippen LogP contribution in [0.15, 0.2) is 43.0 Å². The molecule has 16 heavy (non-hydrogen) atoms. The van der Waals surface area contributed by atoms with E-state index in [1.165, 1.54) is 0 Å². The number of rotatable bonds is 5. The van der Waals surface area contributed by atoms with Crippen LogP contribution >= 0.6 is 0 Å². The van der Waals surface area contributed by atoms with Gasteiger partial charge in [-0.05, 0) is 18.1 Å². The van der Waals surface area contributed by atoms with E-state index in [9.17, 15) is 4.79 Å². The van der Waals surface area contributed by atoms with Crippen molar-refractivity contribution in [2.24, 2.45) is 0 Å². The van der Waals surface area contributed by atoms with Crippen molar-refractivity contribution in [3.05, 3.63) is 48.6 Å². The summed E-state index contributed by atoms with van der Waals surface area (Å²) >= 11 is 0. The minimum atomic E-state index is -0.407. The van der Waals surface area contributed by atoms with Crippen LogP contribution in [0.4, 0.5) is 4.79 Å². The third-order valence-corrected chi connectivity index (χ3v) is 2.10. The zero-order chi connectivity index (χ0) is 11.8. The molecule has 0 aliphatic heterocycles. The van der Waals surface area contributed by atoms with Crippen LogP contribution < -0.4 is 5.32 Å². The summed E-state index contributed by atoms with van der Waals surface area (Å²) in [6, 6.07) is 9.53. The van der Waals surface area contributed by atoms with Gasteiger partial charge in [-0.2, -0.15) is 0 Å². The molecule has 0 saturated carbocycles. The van der Waals surface area contributed by atoms with E-state index in [0.717, 1.165) is 12.0 Å². The molecule has 3 heteroatoms. The maximum atomic E-state index is 11.4. The number of hydrogen-bond acceptors (Lipinski definition) is 2. The van der Waals surface area contributed by atoms with Gasteiger partial charge in [0.15, 0.2) is 0 Å². The number of benzene rings is 1. The highest BCUT2D eigenvalue weighted by Gasteiger charge is 2.11. The standard InChI is InChI=1S/C13H17NO2/c1-3-10-14-13(15)16-12(4-2)11-8-6-5-7-9-11/h4-9,12H,2-3,10H2,1H3,(H,14,15)/t12-/m1/s1. The van der Waals surface area contributed by atoms with Crippen molar-refractivity contribution < 1.29 is 9.53 Å². The average Bonchev–Trinajstić information content (AvgIpc) is 2.34. The molecule has 3 nitrogen and oxygen atoms in total. The van der Waals surface area contributed by atoms with Crippen LogP contribution in [0.1, 0.15) is 25.0 Å². The fourth-order valence-corrected chi connectivity index (χ4v) is 1.28. The number of ether oxygens (including phenoxy) is 1. The van der Waals surface area contributed by atoms with Crippen molar-refractivity contribution in [2.75, 3.05) is 6.54 Å². The van der Waals surface area contributed by atoms with Crippen LogP contribution in [0.2, 0.25) is 0 Å². The molecule has 1 atom stereocenters. The molecule has 1 N–H and O–H groups in total. The van der Waals surface area contributed by atoms with Crippen LogP contribution in [-0.4, -0.2) is 12.6 Å². The van der Waals surface area contributed by atoms with Gasteiger partial charge in [-0.15, -0.1) is 0 Å². The second-order valence-corrected chi connectivity index (χ2v) is 3.40. The van der Waals surface area contributed by atoms with Gasteiger partial charge in [0.05, 0.1) is 0 Å². The number of hydrogen-bond donors (Lipinski definition) is 1. The summed E-state index contributed by atoms with van der Waals surface area (Å²) in [5, 5.41) is 2.66. The number of carbonyl (C=O) groups is 1. The first-order valence-electron chi connectivity index (χ1n) is 5.40. The summed E-state index contributed by atoms with van der Waals surface area (Å²) in [4.78, 5) is 11.4. The number of carbonyl (C=O) groups excluding carboxylic acids is 1. The first kappa shape index (κ1) is 12.3. The molecule has 0 spiro atoms. The fraction of sp³-hybridized carbons (Fsp3) is 0.308. The van der Waals surface area contributed by atoms with Crippen LogP contribution in [0.5, 0.6) is 0 Å². The second kappa shape index (κ2) is 6.67. The van der Waals surface area contributed by atoms with E-state index in [2.05, 4.69) is 11.9 Å². The first-order valence-corrected chi connectivity index (χ1v) is 5.40. The molecule has 86 valence electrons. The third-order valence-electron chi connectivity index (χ3n) is 2.10. The van der Waals surface area contributed by atoms with Gasteiger partial charge < -0.3 is 10.1 Å². The van der Waals surface area contributed by atoms with Crippen LogP contribution in [0, 0.1) is 0 Å². The minimum Gasteiger partial charge on any atom is -0.437 e. The quantitative estimate of drug-likeness (QED) is 0.773. The highest BCUT2D eigenvalue weighted by molar-refractivity contribution is 5.67. The van der Waals surface area contributed by atoms with Crippen LogP contribution in [-0.2, 0) is 4.74 Å². The SMILES string of the molecule is C=C[C@@H](OC(=O)NCCC)c1ccccc1. The van der Waals surface area contributed by atoms with Gasteiger partial charge in [0.1, 0.15) is 6.10 Å². The van der Waals surface area contributed by atoms with Crippen molar-refractivity contribution in [1.82, 2.24) is 5.32 Å². The Morgan fingerprint density at radius 3 is 2.75 bits per heavy atom. The summed E-state index contributed by atoms with van der Waals surface area (Å²) < 4.78 is 5.22. The summed E-state index contributed by atoms with van der Waals surface area (Å²) in [6.45, 7) is 6.28. The second-order valence-electron chi connectivity index (χ2n) is 3.40. The lowest BCUT2D eigenvalue weighted by Crippen LogP contribution is -2.26. The molecule has 0 heterocycles. The molecule has 0 aliphatic carbocycles. The molecular formula is C13H17NO2. The Morgan fingerprint density at radius 1 is 1.50 bits per heavy atom. The summed E-state index contributed by atoms with van der Waals surface area (Å²) in [5.41, 5.74) is 0.921. The third kappa shape index (κ3) is 3.77. The van der Waals surface area contributed by atoms with E-state index in [1.54, 1.807) is 6.08 Å². The largest absolute Gasteiger partial charge is 0.437 e. The Bertz CT molecular complexity index is 335. The normalized spacial score (nSPS) is 11.6. The predicted octanol–water partition coefficient (Wildman–Crippen LogP) is 3.05. The van der Waals surface area contributed by atoms with Gasteiger partial charge in [0.25, 0.3) is 0 Å². The Hall–Kier alpha value is -1.77. The highest BCUT2D eigenvalue weighted by Crippen LogP contribution is 2.17. The van der Waals surface area contributed by atoms with Gasteiger partial charge in [-0.1, -0.05) is 43.8 Å². The zero-order valence-electron chi connectivity index (χ0n) is 9.48. The molecule has 1 amide bonds. The zero-order valence-corrected chi connectivity index (χ0v) is 9.48. The molecular weight excluding hydrogens is 202 g/mol. The fourth-order valence-electron chi connectivity index (χ4n) is 1.28. The Kier molecular flexibility index (Phi) is 5.12. The van der Waals surface area contributed by atoms with E-state index in [-0.39, 0.29) is 0 Å². The predicted molar refractivity (Wildman–Crippen MR) is 64.2 cm³/mol. The lowest BCUT2D eigenvalue weighted by molar-refractivity contribution is 0.120. The summed E-state index contributed by atoms with van der Waals surface area (Å²) in [5.74, 6) is 0. The number of nitrogens with one attached hydrogen (secondary N) is 1. The Balaban J connectivity index is 2.56. The topological polar surface area (TPSA) is 38.3 Å². The molecule has 1 rings (SSSR count). The van der Waals surface area contributed by atoms with Crippen LogP contribution in [0.3, 0.4) is 0 Å². The van der Waals surface area contributed by atoms with Crippen molar-refractivity contribution in [2.45, 2.75) is 19.4 Å². The van der Waals surface area contributed by atoms with Gasteiger partial charge >= 0.3 is 6.09 Å². The van der Waals surface area contributed by atoms with Crippen molar-refractivity contribution >= 4 is 6.09 Å². The monoisotopic (exact) mass is 219 g/mol. The maximum absolute atomic E-state index is 11.4. The van der Waals surface area contributed by atoms with Crippen molar-refractivity contribution in [1.29, 1.82) is 0 Å². The number of amides is 1. The molecule has 0 saturated heterocycles. The Morgan fingerprint density at radius 2 is 2.19 bits per heavy atom. The van der Waals surface area contributed by atoms with E-state index >= 15 is 0 Å². The smallest absolute Gasteiger partial charge is 0.408 e. The molecule has 0 bridgehead atoms. The summed E-state index contributed by atoms with van der Waals surface area (Å²) in [6.07, 6.45) is 1.70. The lowest BCUT2D eigenvalue weighted by Gasteiger charge is -2.14. The summed E-state index contributed by atoms with van der Waals surface area (Å²) in [7, 11) is 0. The molecule has 1 aromatic rings. The molecule has 0 fully saturated rings. The van der Waals surface area contributed by atoms with E-state index in [0.29, 0.717) is 6.54 Å². The molecule has 0 aromatic heterocycles.